The summed E-state index contributed by atoms with van der Waals surface area (Å²) in [4.78, 5) is 12.7. The zero-order valence-electron chi connectivity index (χ0n) is 14.9. The van der Waals surface area contributed by atoms with Gasteiger partial charge in [-0.3, -0.25) is 4.79 Å². The normalized spacial score (nSPS) is 24.5. The van der Waals surface area contributed by atoms with Crippen LogP contribution in [0.4, 0.5) is 0 Å². The number of benzene rings is 1. The molecule has 1 aromatic carbocycles. The maximum absolute atomic E-state index is 12.8. The number of piperidine rings is 1. The Bertz CT molecular complexity index is 712. The van der Waals surface area contributed by atoms with E-state index in [9.17, 15) is 13.2 Å². The van der Waals surface area contributed by atoms with Gasteiger partial charge in [-0.05, 0) is 56.7 Å². The van der Waals surface area contributed by atoms with Crippen LogP contribution in [0, 0.1) is 0 Å². The Morgan fingerprint density at radius 1 is 1.08 bits per heavy atom. The van der Waals surface area contributed by atoms with Crippen molar-refractivity contribution in [3.8, 4) is 0 Å². The molecular formula is C18H28ClN3O3S. The largest absolute Gasteiger partial charge is 0.349 e. The molecule has 0 atom stereocenters. The third-order valence-corrected chi connectivity index (χ3v) is 7.05. The van der Waals surface area contributed by atoms with E-state index < -0.39 is 10.0 Å². The number of hydrogen-bond donors (Lipinski definition) is 2. The third-order valence-electron chi connectivity index (χ3n) is 5.16. The molecular weight excluding hydrogens is 374 g/mol. The van der Waals surface area contributed by atoms with Gasteiger partial charge in [-0.25, -0.2) is 8.42 Å². The van der Waals surface area contributed by atoms with Crippen LogP contribution >= 0.6 is 12.4 Å². The lowest BCUT2D eigenvalue weighted by atomic mass is 9.91. The second-order valence-electron chi connectivity index (χ2n) is 7.08. The average molecular weight is 402 g/mol. The van der Waals surface area contributed by atoms with E-state index in [0.29, 0.717) is 18.7 Å². The molecule has 0 radical (unpaired) electrons. The molecule has 0 bridgehead atoms. The van der Waals surface area contributed by atoms with Crippen LogP contribution in [0.15, 0.2) is 29.2 Å². The molecule has 1 aromatic rings. The predicted octanol–water partition coefficient (Wildman–Crippen LogP) is 2.28. The summed E-state index contributed by atoms with van der Waals surface area (Å²) in [5.74, 6) is -0.212. The molecule has 8 heteroatoms. The minimum atomic E-state index is -3.52. The fourth-order valence-corrected chi connectivity index (χ4v) is 5.15. The zero-order chi connectivity index (χ0) is 17.9. The highest BCUT2D eigenvalue weighted by molar-refractivity contribution is 7.89. The molecule has 1 saturated heterocycles. The van der Waals surface area contributed by atoms with Gasteiger partial charge in [0.1, 0.15) is 0 Å². The number of sulfonamides is 1. The molecule has 0 aromatic heterocycles. The monoisotopic (exact) mass is 401 g/mol. The van der Waals surface area contributed by atoms with E-state index in [1.165, 1.54) is 10.4 Å². The van der Waals surface area contributed by atoms with Crippen LogP contribution in [0.3, 0.4) is 0 Å². The molecule has 0 spiro atoms. The number of carbonyl (C=O) groups is 1. The number of carbonyl (C=O) groups excluding carboxylic acids is 1. The molecule has 26 heavy (non-hydrogen) atoms. The molecule has 3 N–H and O–H groups in total. The first-order valence-electron chi connectivity index (χ1n) is 9.13. The van der Waals surface area contributed by atoms with Gasteiger partial charge in [0.05, 0.1) is 4.90 Å². The van der Waals surface area contributed by atoms with Crippen molar-refractivity contribution in [3.63, 3.8) is 0 Å². The Kier molecular flexibility index (Phi) is 7.46. The standard InChI is InChI=1S/C18H27N3O3S.ClH/c19-15-7-9-16(10-8-15)20-18(22)14-5-4-6-17(13-14)25(23,24)21-11-2-1-3-12-21;/h4-6,13,15-16H,1-3,7-12,19H2,(H,20,22);1H. The average Bonchev–Trinajstić information content (AvgIpc) is 2.64. The number of nitrogens with two attached hydrogens (primary N) is 1. The number of nitrogens with one attached hydrogen (secondary N) is 1. The predicted molar refractivity (Wildman–Crippen MR) is 104 cm³/mol. The van der Waals surface area contributed by atoms with Gasteiger partial charge in [-0.2, -0.15) is 4.31 Å². The minimum absolute atomic E-state index is 0. The first-order chi connectivity index (χ1) is 12.0. The number of hydrogen-bond acceptors (Lipinski definition) is 4. The Morgan fingerprint density at radius 2 is 1.73 bits per heavy atom. The second-order valence-corrected chi connectivity index (χ2v) is 9.02. The molecule has 6 nitrogen and oxygen atoms in total. The van der Waals surface area contributed by atoms with E-state index in [0.717, 1.165) is 44.9 Å². The Labute approximate surface area is 162 Å². The maximum atomic E-state index is 12.8. The smallest absolute Gasteiger partial charge is 0.251 e. The van der Waals surface area contributed by atoms with Crippen molar-refractivity contribution >= 4 is 28.3 Å². The molecule has 3 rings (SSSR count). The molecule has 1 aliphatic carbocycles. The summed E-state index contributed by atoms with van der Waals surface area (Å²) in [6, 6.07) is 6.72. The molecule has 1 heterocycles. The Hall–Kier alpha value is -1.15. The maximum Gasteiger partial charge on any atom is 0.251 e. The fraction of sp³-hybridized carbons (Fsp3) is 0.611. The number of nitrogens with zero attached hydrogens (tertiary/aromatic N) is 1. The van der Waals surface area contributed by atoms with E-state index in [1.807, 2.05) is 0 Å². The number of amides is 1. The molecule has 1 saturated carbocycles. The van der Waals surface area contributed by atoms with Gasteiger partial charge in [0.15, 0.2) is 0 Å². The van der Waals surface area contributed by atoms with Crippen LogP contribution in [0.1, 0.15) is 55.3 Å². The third kappa shape index (κ3) is 4.97. The zero-order valence-corrected chi connectivity index (χ0v) is 16.5. The highest BCUT2D eigenvalue weighted by atomic mass is 35.5. The van der Waals surface area contributed by atoms with Crippen LogP contribution in [-0.2, 0) is 10.0 Å². The van der Waals surface area contributed by atoms with Gasteiger partial charge in [-0.15, -0.1) is 12.4 Å². The second kappa shape index (κ2) is 9.17. The SMILES string of the molecule is Cl.NC1CCC(NC(=O)c2cccc(S(=O)(=O)N3CCCCC3)c2)CC1. The van der Waals surface area contributed by atoms with Gasteiger partial charge >= 0.3 is 0 Å². The molecule has 1 aliphatic heterocycles. The highest BCUT2D eigenvalue weighted by Crippen LogP contribution is 2.22. The minimum Gasteiger partial charge on any atom is -0.349 e. The fourth-order valence-electron chi connectivity index (χ4n) is 3.58. The summed E-state index contributed by atoms with van der Waals surface area (Å²) >= 11 is 0. The molecule has 2 aliphatic rings. The van der Waals surface area contributed by atoms with Crippen LogP contribution < -0.4 is 11.1 Å². The molecule has 146 valence electrons. The quantitative estimate of drug-likeness (QED) is 0.809. The van der Waals surface area contributed by atoms with E-state index in [1.54, 1.807) is 18.2 Å². The number of halogens is 1. The van der Waals surface area contributed by atoms with Crippen LogP contribution in [-0.4, -0.2) is 43.8 Å². The van der Waals surface area contributed by atoms with Crippen molar-refractivity contribution < 1.29 is 13.2 Å². The summed E-state index contributed by atoms with van der Waals surface area (Å²) in [6.45, 7) is 1.11. The Balaban J connectivity index is 0.00000243. The van der Waals surface area contributed by atoms with E-state index >= 15 is 0 Å². The lowest BCUT2D eigenvalue weighted by Crippen LogP contribution is -2.40. The lowest BCUT2D eigenvalue weighted by molar-refractivity contribution is 0.0925. The lowest BCUT2D eigenvalue weighted by Gasteiger charge is -2.27. The summed E-state index contributed by atoms with van der Waals surface area (Å²) in [7, 11) is -3.52. The van der Waals surface area contributed by atoms with E-state index in [4.69, 9.17) is 5.73 Å². The van der Waals surface area contributed by atoms with Crippen molar-refractivity contribution in [1.82, 2.24) is 9.62 Å². The van der Waals surface area contributed by atoms with Gasteiger partial charge in [0, 0.05) is 30.7 Å². The van der Waals surface area contributed by atoms with Crippen molar-refractivity contribution in [2.75, 3.05) is 13.1 Å². The topological polar surface area (TPSA) is 92.5 Å². The summed E-state index contributed by atoms with van der Waals surface area (Å²) in [5.41, 5.74) is 6.29. The van der Waals surface area contributed by atoms with Gasteiger partial charge < -0.3 is 11.1 Å². The van der Waals surface area contributed by atoms with Crippen molar-refractivity contribution in [3.05, 3.63) is 29.8 Å². The highest BCUT2D eigenvalue weighted by Gasteiger charge is 2.27. The van der Waals surface area contributed by atoms with Crippen LogP contribution in [0.2, 0.25) is 0 Å². The van der Waals surface area contributed by atoms with E-state index in [2.05, 4.69) is 5.32 Å². The number of rotatable bonds is 4. The molecule has 2 fully saturated rings. The molecule has 0 unspecified atom stereocenters. The van der Waals surface area contributed by atoms with Gasteiger partial charge in [0.25, 0.3) is 5.91 Å². The van der Waals surface area contributed by atoms with Gasteiger partial charge in [0.2, 0.25) is 10.0 Å². The van der Waals surface area contributed by atoms with Crippen molar-refractivity contribution in [2.24, 2.45) is 5.73 Å². The van der Waals surface area contributed by atoms with Crippen molar-refractivity contribution in [2.45, 2.75) is 61.9 Å². The summed E-state index contributed by atoms with van der Waals surface area (Å²) < 4.78 is 27.1. The van der Waals surface area contributed by atoms with Gasteiger partial charge in [-0.1, -0.05) is 12.5 Å². The van der Waals surface area contributed by atoms with E-state index in [-0.39, 0.29) is 35.3 Å². The van der Waals surface area contributed by atoms with Crippen LogP contribution in [0.5, 0.6) is 0 Å². The van der Waals surface area contributed by atoms with Crippen LogP contribution in [0.25, 0.3) is 0 Å². The first-order valence-corrected chi connectivity index (χ1v) is 10.6. The summed E-state index contributed by atoms with van der Waals surface area (Å²) in [6.07, 6.45) is 6.42. The summed E-state index contributed by atoms with van der Waals surface area (Å²) in [5, 5.41) is 3.01. The molecule has 1 amide bonds. The van der Waals surface area contributed by atoms with Crippen molar-refractivity contribution in [1.29, 1.82) is 0 Å². The Morgan fingerprint density at radius 3 is 2.38 bits per heavy atom. The first kappa shape index (κ1) is 21.2.